The predicted octanol–water partition coefficient (Wildman–Crippen LogP) is 4.58. The van der Waals surface area contributed by atoms with Crippen LogP contribution in [-0.2, 0) is 0 Å². The van der Waals surface area contributed by atoms with E-state index in [1.54, 1.807) is 6.92 Å². The molecule has 0 radical (unpaired) electrons. The maximum atomic E-state index is 12.3. The van der Waals surface area contributed by atoms with E-state index < -0.39 is 0 Å². The Labute approximate surface area is 160 Å². The lowest BCUT2D eigenvalue weighted by atomic mass is 9.99. The van der Waals surface area contributed by atoms with Gasteiger partial charge in [0.2, 0.25) is 0 Å². The average Bonchev–Trinajstić information content (AvgIpc) is 3.33. The summed E-state index contributed by atoms with van der Waals surface area (Å²) < 4.78 is 5.54. The number of aryl methyl sites for hydroxylation is 2. The Morgan fingerprint density at radius 2 is 1.85 bits per heavy atom. The van der Waals surface area contributed by atoms with E-state index in [9.17, 15) is 9.59 Å². The van der Waals surface area contributed by atoms with Gasteiger partial charge in [0.25, 0.3) is 0 Å². The molecule has 0 saturated heterocycles. The van der Waals surface area contributed by atoms with Crippen LogP contribution in [0, 0.1) is 13.8 Å². The minimum Gasteiger partial charge on any atom is -0.494 e. The van der Waals surface area contributed by atoms with Crippen molar-refractivity contribution in [2.75, 3.05) is 11.9 Å². The van der Waals surface area contributed by atoms with Gasteiger partial charge in [0.05, 0.1) is 6.61 Å². The van der Waals surface area contributed by atoms with E-state index in [0.717, 1.165) is 28.9 Å². The molecule has 27 heavy (non-hydrogen) atoms. The highest BCUT2D eigenvalue weighted by atomic mass is 16.5. The SMILES string of the molecule is CCOc1cccc([C@@H]2C[C@H]2NC(=O)Nc2cc(C)c(C(C)=O)c(C)c2)c1. The van der Waals surface area contributed by atoms with Crippen molar-refractivity contribution in [1.29, 1.82) is 0 Å². The summed E-state index contributed by atoms with van der Waals surface area (Å²) in [6.07, 6.45) is 0.921. The van der Waals surface area contributed by atoms with Crippen LogP contribution in [0.2, 0.25) is 0 Å². The van der Waals surface area contributed by atoms with Crippen LogP contribution >= 0.6 is 0 Å². The van der Waals surface area contributed by atoms with Crippen LogP contribution in [0.15, 0.2) is 36.4 Å². The highest BCUT2D eigenvalue weighted by molar-refractivity contribution is 5.98. The van der Waals surface area contributed by atoms with Crippen LogP contribution in [0.4, 0.5) is 10.5 Å². The van der Waals surface area contributed by atoms with Gasteiger partial charge in [-0.3, -0.25) is 4.79 Å². The van der Waals surface area contributed by atoms with Gasteiger partial charge in [0.1, 0.15) is 5.75 Å². The van der Waals surface area contributed by atoms with Crippen molar-refractivity contribution in [3.8, 4) is 5.75 Å². The number of carbonyl (C=O) groups is 2. The summed E-state index contributed by atoms with van der Waals surface area (Å²) in [6.45, 7) is 7.93. The van der Waals surface area contributed by atoms with Crippen LogP contribution in [-0.4, -0.2) is 24.5 Å². The number of anilines is 1. The summed E-state index contributed by atoms with van der Waals surface area (Å²) >= 11 is 0. The van der Waals surface area contributed by atoms with Gasteiger partial charge in [-0.2, -0.15) is 0 Å². The fourth-order valence-corrected chi connectivity index (χ4v) is 3.65. The molecule has 1 fully saturated rings. The molecule has 2 amide bonds. The number of urea groups is 1. The lowest BCUT2D eigenvalue weighted by Crippen LogP contribution is -2.31. The average molecular weight is 366 g/mol. The number of ketones is 1. The summed E-state index contributed by atoms with van der Waals surface area (Å²) in [4.78, 5) is 24.0. The van der Waals surface area contributed by atoms with Crippen molar-refractivity contribution in [2.24, 2.45) is 0 Å². The number of carbonyl (C=O) groups excluding carboxylic acids is 2. The molecule has 142 valence electrons. The molecule has 0 spiro atoms. The van der Waals surface area contributed by atoms with Crippen LogP contribution in [0.1, 0.15) is 53.2 Å². The molecule has 2 aromatic rings. The molecule has 2 N–H and O–H groups in total. The molecule has 0 aliphatic heterocycles. The molecule has 1 aliphatic carbocycles. The van der Waals surface area contributed by atoms with Crippen molar-refractivity contribution >= 4 is 17.5 Å². The van der Waals surface area contributed by atoms with E-state index in [1.165, 1.54) is 5.56 Å². The summed E-state index contributed by atoms with van der Waals surface area (Å²) in [5.74, 6) is 1.22. The smallest absolute Gasteiger partial charge is 0.319 e. The van der Waals surface area contributed by atoms with E-state index in [-0.39, 0.29) is 17.9 Å². The van der Waals surface area contributed by atoms with E-state index >= 15 is 0 Å². The third-order valence-corrected chi connectivity index (χ3v) is 4.85. The highest BCUT2D eigenvalue weighted by Gasteiger charge is 2.39. The predicted molar refractivity (Wildman–Crippen MR) is 107 cm³/mol. The monoisotopic (exact) mass is 366 g/mol. The molecule has 1 aliphatic rings. The van der Waals surface area contributed by atoms with Gasteiger partial charge in [0, 0.05) is 23.2 Å². The van der Waals surface area contributed by atoms with Crippen molar-refractivity contribution in [2.45, 2.75) is 46.1 Å². The number of hydrogen-bond acceptors (Lipinski definition) is 3. The van der Waals surface area contributed by atoms with Crippen LogP contribution in [0.3, 0.4) is 0 Å². The topological polar surface area (TPSA) is 67.4 Å². The molecule has 2 aromatic carbocycles. The highest BCUT2D eigenvalue weighted by Crippen LogP contribution is 2.41. The third-order valence-electron chi connectivity index (χ3n) is 4.85. The molecule has 0 aromatic heterocycles. The van der Waals surface area contributed by atoms with Crippen LogP contribution in [0.5, 0.6) is 5.75 Å². The molecular formula is C22H26N2O3. The summed E-state index contributed by atoms with van der Waals surface area (Å²) in [5.41, 5.74) is 4.34. The Bertz CT molecular complexity index is 853. The van der Waals surface area contributed by atoms with Gasteiger partial charge in [0.15, 0.2) is 5.78 Å². The summed E-state index contributed by atoms with van der Waals surface area (Å²) in [6, 6.07) is 11.6. The zero-order valence-corrected chi connectivity index (χ0v) is 16.3. The first-order valence-electron chi connectivity index (χ1n) is 9.31. The lowest BCUT2D eigenvalue weighted by Gasteiger charge is -2.12. The second kappa shape index (κ2) is 7.82. The molecule has 5 nitrogen and oxygen atoms in total. The first-order chi connectivity index (χ1) is 12.9. The molecule has 2 atom stereocenters. The fourth-order valence-electron chi connectivity index (χ4n) is 3.65. The Morgan fingerprint density at radius 3 is 2.48 bits per heavy atom. The minimum atomic E-state index is -0.224. The number of hydrogen-bond donors (Lipinski definition) is 2. The van der Waals surface area contributed by atoms with E-state index in [2.05, 4.69) is 16.7 Å². The zero-order chi connectivity index (χ0) is 19.6. The van der Waals surface area contributed by atoms with E-state index in [0.29, 0.717) is 18.2 Å². The van der Waals surface area contributed by atoms with Crippen molar-refractivity contribution < 1.29 is 14.3 Å². The molecule has 5 heteroatoms. The Hall–Kier alpha value is -2.82. The van der Waals surface area contributed by atoms with Gasteiger partial charge in [-0.25, -0.2) is 4.79 Å². The number of nitrogens with one attached hydrogen (secondary N) is 2. The molecule has 0 unspecified atom stereocenters. The first-order valence-corrected chi connectivity index (χ1v) is 9.31. The maximum absolute atomic E-state index is 12.3. The van der Waals surface area contributed by atoms with Crippen molar-refractivity contribution in [3.05, 3.63) is 58.7 Å². The summed E-state index contributed by atoms with van der Waals surface area (Å²) in [5, 5.41) is 5.90. The maximum Gasteiger partial charge on any atom is 0.319 e. The minimum absolute atomic E-state index is 0.0381. The second-order valence-electron chi connectivity index (χ2n) is 7.09. The van der Waals surface area contributed by atoms with Crippen molar-refractivity contribution in [1.82, 2.24) is 5.32 Å². The van der Waals surface area contributed by atoms with Gasteiger partial charge in [-0.15, -0.1) is 0 Å². The number of rotatable bonds is 6. The number of amides is 2. The van der Waals surface area contributed by atoms with E-state index in [4.69, 9.17) is 4.74 Å². The molecular weight excluding hydrogens is 340 g/mol. The Kier molecular flexibility index (Phi) is 5.49. The molecule has 0 bridgehead atoms. The normalized spacial score (nSPS) is 17.9. The third kappa shape index (κ3) is 4.48. The largest absolute Gasteiger partial charge is 0.494 e. The zero-order valence-electron chi connectivity index (χ0n) is 16.3. The Balaban J connectivity index is 1.60. The summed E-state index contributed by atoms with van der Waals surface area (Å²) in [7, 11) is 0. The first kappa shape index (κ1) is 19.0. The Morgan fingerprint density at radius 1 is 1.15 bits per heavy atom. The number of ether oxygens (including phenoxy) is 1. The standard InChI is InChI=1S/C22H26N2O3/c1-5-27-18-8-6-7-16(11-18)19-12-20(19)24-22(26)23-17-9-13(2)21(15(4)25)14(3)10-17/h6-11,19-20H,5,12H2,1-4H3,(H2,23,24,26)/t19-,20+/m0/s1. The van der Waals surface area contributed by atoms with E-state index in [1.807, 2.05) is 51.1 Å². The lowest BCUT2D eigenvalue weighted by molar-refractivity contribution is 0.101. The molecule has 1 saturated carbocycles. The number of benzene rings is 2. The quantitative estimate of drug-likeness (QED) is 0.735. The van der Waals surface area contributed by atoms with Crippen LogP contribution in [0.25, 0.3) is 0 Å². The van der Waals surface area contributed by atoms with Gasteiger partial charge < -0.3 is 15.4 Å². The fraction of sp³-hybridized carbons (Fsp3) is 0.364. The van der Waals surface area contributed by atoms with Gasteiger partial charge >= 0.3 is 6.03 Å². The second-order valence-corrected chi connectivity index (χ2v) is 7.09. The number of Topliss-reactive ketones (excluding diaryl/α,β-unsaturated/α-hetero) is 1. The van der Waals surface area contributed by atoms with Gasteiger partial charge in [-0.05, 0) is 75.1 Å². The van der Waals surface area contributed by atoms with Crippen LogP contribution < -0.4 is 15.4 Å². The molecule has 0 heterocycles. The van der Waals surface area contributed by atoms with Gasteiger partial charge in [-0.1, -0.05) is 12.1 Å². The van der Waals surface area contributed by atoms with Crippen molar-refractivity contribution in [3.63, 3.8) is 0 Å². The molecule has 3 rings (SSSR count).